The van der Waals surface area contributed by atoms with Gasteiger partial charge in [0.2, 0.25) is 23.6 Å². The van der Waals surface area contributed by atoms with Gasteiger partial charge in [-0.1, -0.05) is 26.0 Å². The highest BCUT2D eigenvalue weighted by molar-refractivity contribution is 6.11. The van der Waals surface area contributed by atoms with Crippen molar-refractivity contribution in [2.75, 3.05) is 51.2 Å². The molecule has 4 aliphatic rings. The summed E-state index contributed by atoms with van der Waals surface area (Å²) < 4.78 is 23.3. The molecule has 4 heterocycles. The number of unbranched alkanes of at least 4 members (excludes halogenated alkanes) is 2. The van der Waals surface area contributed by atoms with Crippen LogP contribution in [-0.2, 0) is 19.2 Å². The van der Waals surface area contributed by atoms with Crippen molar-refractivity contribution in [1.29, 1.82) is 0 Å². The molecular weight excluding hydrogens is 811 g/mol. The predicted octanol–water partition coefficient (Wildman–Crippen LogP) is 5.08. The minimum absolute atomic E-state index is 0.192. The second kappa shape index (κ2) is 19.4. The number of amides is 6. The van der Waals surface area contributed by atoms with E-state index in [2.05, 4.69) is 21.3 Å². The maximum atomic E-state index is 13.9. The van der Waals surface area contributed by atoms with Gasteiger partial charge in [-0.25, -0.2) is 0 Å². The normalized spacial score (nSPS) is 17.9. The van der Waals surface area contributed by atoms with Gasteiger partial charge < -0.3 is 50.0 Å². The average Bonchev–Trinajstić information content (AvgIpc) is 3.91. The lowest BCUT2D eigenvalue weighted by molar-refractivity contribution is -0.129. The number of carbonyl (C=O) groups excluding carboxylic acids is 6. The molecule has 1 saturated heterocycles. The van der Waals surface area contributed by atoms with E-state index in [9.17, 15) is 28.8 Å². The molecule has 6 amide bonds. The zero-order valence-corrected chi connectivity index (χ0v) is 36.1. The highest BCUT2D eigenvalue weighted by Gasteiger charge is 2.39. The van der Waals surface area contributed by atoms with Crippen LogP contribution < -0.4 is 40.2 Å². The molecule has 1 fully saturated rings. The summed E-state index contributed by atoms with van der Waals surface area (Å²) in [5.74, 6) is -0.250. The van der Waals surface area contributed by atoms with Gasteiger partial charge in [0.25, 0.3) is 11.8 Å². The van der Waals surface area contributed by atoms with E-state index in [1.54, 1.807) is 73.2 Å². The van der Waals surface area contributed by atoms with Crippen LogP contribution in [0.3, 0.4) is 0 Å². The van der Waals surface area contributed by atoms with E-state index in [1.165, 1.54) is 14.2 Å². The number of carbonyl (C=O) groups is 6. The van der Waals surface area contributed by atoms with Crippen molar-refractivity contribution < 1.29 is 47.7 Å². The molecule has 0 bridgehead atoms. The van der Waals surface area contributed by atoms with Crippen LogP contribution in [-0.4, -0.2) is 110 Å². The van der Waals surface area contributed by atoms with Gasteiger partial charge in [0.05, 0.1) is 62.5 Å². The van der Waals surface area contributed by atoms with Crippen LogP contribution in [0.25, 0.3) is 5.57 Å². The lowest BCUT2D eigenvalue weighted by Gasteiger charge is -2.20. The lowest BCUT2D eigenvalue weighted by Crippen LogP contribution is -2.46. The quantitative estimate of drug-likeness (QED) is 0.133. The van der Waals surface area contributed by atoms with Gasteiger partial charge in [0.1, 0.15) is 12.1 Å². The fourth-order valence-electron chi connectivity index (χ4n) is 7.83. The number of aliphatic imine (C=N–C) groups is 1. The Hall–Kier alpha value is -6.91. The molecule has 0 spiro atoms. The summed E-state index contributed by atoms with van der Waals surface area (Å²) in [5.41, 5.74) is 4.00. The van der Waals surface area contributed by atoms with Crippen molar-refractivity contribution in [3.63, 3.8) is 0 Å². The van der Waals surface area contributed by atoms with Crippen molar-refractivity contribution in [3.8, 4) is 23.0 Å². The van der Waals surface area contributed by atoms with Crippen LogP contribution in [0.15, 0.2) is 59.7 Å². The number of anilines is 2. The Balaban J connectivity index is 0.890. The van der Waals surface area contributed by atoms with Crippen LogP contribution in [0.2, 0.25) is 0 Å². The predicted molar refractivity (Wildman–Crippen MR) is 235 cm³/mol. The molecule has 332 valence electrons. The molecule has 3 aromatic rings. The molecule has 0 aliphatic carbocycles. The summed E-state index contributed by atoms with van der Waals surface area (Å²) in [7, 11) is 3.04. The molecule has 7 rings (SSSR count). The zero-order chi connectivity index (χ0) is 44.8. The fourth-order valence-corrected chi connectivity index (χ4v) is 7.83. The number of benzene rings is 3. The minimum Gasteiger partial charge on any atom is -0.493 e. The summed E-state index contributed by atoms with van der Waals surface area (Å²) >= 11 is 0. The van der Waals surface area contributed by atoms with Gasteiger partial charge in [-0.15, -0.1) is 0 Å². The number of hydrogen-bond donors (Lipinski definition) is 4. The van der Waals surface area contributed by atoms with E-state index in [-0.39, 0.29) is 42.1 Å². The van der Waals surface area contributed by atoms with E-state index < -0.39 is 23.9 Å². The molecular formula is C46H53N7O10. The Morgan fingerprint density at radius 3 is 2.21 bits per heavy atom. The summed E-state index contributed by atoms with van der Waals surface area (Å²) in [6.07, 6.45) is 7.75. The molecule has 0 radical (unpaired) electrons. The maximum absolute atomic E-state index is 13.9. The SMILES string of the molecule is COc1cc2c(cc1OCCCCCOc1cc3c(cc1OC)C(=O)N1CCCC1C(=O)N3)N=C[C@@H]1CC(c3ccc(NC(=O)[C@H](C)NC(=O)CNC(=O)C(C)C)cc3)=CN1C2=O. The van der Waals surface area contributed by atoms with E-state index >= 15 is 0 Å². The molecule has 4 aliphatic heterocycles. The summed E-state index contributed by atoms with van der Waals surface area (Å²) in [4.78, 5) is 84.6. The molecule has 1 unspecified atom stereocenters. The summed E-state index contributed by atoms with van der Waals surface area (Å²) in [6, 6.07) is 12.3. The van der Waals surface area contributed by atoms with Crippen LogP contribution in [0.1, 0.15) is 85.6 Å². The Bertz CT molecular complexity index is 2340. The second-order valence-electron chi connectivity index (χ2n) is 16.1. The minimum atomic E-state index is -0.831. The van der Waals surface area contributed by atoms with Crippen LogP contribution in [0.5, 0.6) is 23.0 Å². The lowest BCUT2D eigenvalue weighted by atomic mass is 10.0. The number of hydrogen-bond acceptors (Lipinski definition) is 11. The van der Waals surface area contributed by atoms with E-state index in [4.69, 9.17) is 23.9 Å². The van der Waals surface area contributed by atoms with Crippen LogP contribution in [0, 0.1) is 5.92 Å². The summed E-state index contributed by atoms with van der Waals surface area (Å²) in [5, 5.41) is 10.8. The molecule has 0 saturated carbocycles. The van der Waals surface area contributed by atoms with Gasteiger partial charge in [0, 0.05) is 49.1 Å². The van der Waals surface area contributed by atoms with Gasteiger partial charge in [-0.2, -0.15) is 0 Å². The number of ether oxygens (including phenoxy) is 4. The number of nitrogens with one attached hydrogen (secondary N) is 4. The molecule has 3 atom stereocenters. The molecule has 63 heavy (non-hydrogen) atoms. The second-order valence-corrected chi connectivity index (χ2v) is 16.1. The van der Waals surface area contributed by atoms with Crippen molar-refractivity contribution >= 4 is 64.3 Å². The van der Waals surface area contributed by atoms with Gasteiger partial charge in [0.15, 0.2) is 23.0 Å². The largest absolute Gasteiger partial charge is 0.493 e. The van der Waals surface area contributed by atoms with Gasteiger partial charge in [-0.05, 0) is 74.4 Å². The third kappa shape index (κ3) is 9.92. The smallest absolute Gasteiger partial charge is 0.260 e. The first-order valence-corrected chi connectivity index (χ1v) is 21.2. The van der Waals surface area contributed by atoms with Crippen LogP contribution >= 0.6 is 0 Å². The maximum Gasteiger partial charge on any atom is 0.260 e. The fraction of sp³-hybridized carbons (Fsp3) is 0.413. The molecule has 17 nitrogen and oxygen atoms in total. The Labute approximate surface area is 365 Å². The Kier molecular flexibility index (Phi) is 13.6. The van der Waals surface area contributed by atoms with E-state index in [0.29, 0.717) is 96.6 Å². The average molecular weight is 864 g/mol. The first-order valence-electron chi connectivity index (χ1n) is 21.2. The van der Waals surface area contributed by atoms with Gasteiger partial charge >= 0.3 is 0 Å². The highest BCUT2D eigenvalue weighted by atomic mass is 16.5. The summed E-state index contributed by atoms with van der Waals surface area (Å²) in [6.45, 7) is 6.11. The molecule has 0 aromatic heterocycles. The van der Waals surface area contributed by atoms with Crippen molar-refractivity contribution in [3.05, 3.63) is 71.4 Å². The molecule has 3 aromatic carbocycles. The van der Waals surface area contributed by atoms with Crippen molar-refractivity contribution in [2.24, 2.45) is 10.9 Å². The third-order valence-electron chi connectivity index (χ3n) is 11.4. The highest BCUT2D eigenvalue weighted by Crippen LogP contribution is 2.41. The first kappa shape index (κ1) is 44.2. The van der Waals surface area contributed by atoms with Crippen molar-refractivity contribution in [2.45, 2.75) is 77.4 Å². The number of methoxy groups -OCH3 is 2. The standard InChI is InChI=1S/C46H53N7O10/c1-26(2)42(55)48-24-41(54)49-27(3)43(56)50-30-13-11-28(12-14-30)29-18-31-23-47-34-21-39(37(60-4)19-32(34)46(59)53(31)25-29)62-16-7-6-8-17-63-40-22-35-33(20-38(40)61-5)45(58)52-15-9-10-36(52)44(57)51-35/h11-14,19-23,25-27,31,36H,6-10,15-18,24H2,1-5H3,(H,48,55)(H,49,54)(H,50,56)(H,51,57)/t27-,31-,36?/m0/s1. The van der Waals surface area contributed by atoms with Crippen molar-refractivity contribution in [1.82, 2.24) is 20.4 Å². The van der Waals surface area contributed by atoms with E-state index in [1.807, 2.05) is 18.3 Å². The topological polar surface area (TPSA) is 206 Å². The van der Waals surface area contributed by atoms with E-state index in [0.717, 1.165) is 24.0 Å². The molecule has 4 N–H and O–H groups in total. The Morgan fingerprint density at radius 2 is 1.52 bits per heavy atom. The van der Waals surface area contributed by atoms with Crippen LogP contribution in [0.4, 0.5) is 17.1 Å². The number of rotatable bonds is 17. The first-order chi connectivity index (χ1) is 30.3. The third-order valence-corrected chi connectivity index (χ3v) is 11.4. The number of nitrogens with zero attached hydrogens (tertiary/aromatic N) is 3. The van der Waals surface area contributed by atoms with Gasteiger partial charge in [-0.3, -0.25) is 33.8 Å². The number of fused-ring (bicyclic) bond motifs is 4. The monoisotopic (exact) mass is 863 g/mol. The molecule has 17 heteroatoms. The Morgan fingerprint density at radius 1 is 0.841 bits per heavy atom. The zero-order valence-electron chi connectivity index (χ0n) is 36.1.